The molecule has 2 heterocycles. The predicted octanol–water partition coefficient (Wildman–Crippen LogP) is 1.48. The number of rotatable bonds is 5. The lowest BCUT2D eigenvalue weighted by Crippen LogP contribution is -2.34. The summed E-state index contributed by atoms with van der Waals surface area (Å²) >= 11 is 0. The summed E-state index contributed by atoms with van der Waals surface area (Å²) in [6.07, 6.45) is 2.79. The number of aromatic nitrogens is 2. The molecule has 0 saturated carbocycles. The zero-order chi connectivity index (χ0) is 14.9. The standard InChI is InChI=1S/C13H19N3O3S/c1-9(2)19-13(10(3)20(14,17)18)11-8-16-7-5-4-6-12(16)15-11/h4-10,13H,1-3H3,(H2,14,17,18)/t10-,13+/m1/s1. The van der Waals surface area contributed by atoms with Crippen LogP contribution in [0.5, 0.6) is 0 Å². The maximum Gasteiger partial charge on any atom is 0.214 e. The smallest absolute Gasteiger partial charge is 0.214 e. The molecule has 0 aromatic carbocycles. The van der Waals surface area contributed by atoms with Crippen molar-refractivity contribution in [2.45, 2.75) is 38.2 Å². The third kappa shape index (κ3) is 3.17. The first-order valence-electron chi connectivity index (χ1n) is 6.39. The van der Waals surface area contributed by atoms with E-state index in [9.17, 15) is 8.42 Å². The Bertz CT molecular complexity index is 661. The molecule has 0 amide bonds. The second-order valence-electron chi connectivity index (χ2n) is 5.03. The van der Waals surface area contributed by atoms with Gasteiger partial charge in [0.1, 0.15) is 17.0 Å². The summed E-state index contributed by atoms with van der Waals surface area (Å²) < 4.78 is 30.8. The van der Waals surface area contributed by atoms with E-state index in [1.54, 1.807) is 6.20 Å². The lowest BCUT2D eigenvalue weighted by atomic mass is 10.2. The lowest BCUT2D eigenvalue weighted by molar-refractivity contribution is 0.00436. The molecule has 0 bridgehead atoms. The van der Waals surface area contributed by atoms with Gasteiger partial charge in [0, 0.05) is 12.4 Å². The Morgan fingerprint density at radius 3 is 2.55 bits per heavy atom. The normalized spacial score (nSPS) is 15.7. The van der Waals surface area contributed by atoms with E-state index in [0.717, 1.165) is 5.65 Å². The largest absolute Gasteiger partial charge is 0.368 e. The van der Waals surface area contributed by atoms with Crippen LogP contribution >= 0.6 is 0 Å². The Morgan fingerprint density at radius 1 is 1.30 bits per heavy atom. The van der Waals surface area contributed by atoms with Crippen molar-refractivity contribution in [1.29, 1.82) is 0 Å². The summed E-state index contributed by atoms with van der Waals surface area (Å²) in [7, 11) is -3.71. The Balaban J connectivity index is 2.45. The molecule has 6 nitrogen and oxygen atoms in total. The Kier molecular flexibility index (Phi) is 4.12. The van der Waals surface area contributed by atoms with Crippen molar-refractivity contribution >= 4 is 15.7 Å². The Morgan fingerprint density at radius 2 is 2.00 bits per heavy atom. The zero-order valence-corrected chi connectivity index (χ0v) is 12.5. The Hall–Kier alpha value is -1.44. The molecule has 2 N–H and O–H groups in total. The zero-order valence-electron chi connectivity index (χ0n) is 11.7. The first kappa shape index (κ1) is 15.0. The van der Waals surface area contributed by atoms with Gasteiger partial charge < -0.3 is 9.14 Å². The molecule has 0 spiro atoms. The van der Waals surface area contributed by atoms with E-state index in [-0.39, 0.29) is 6.10 Å². The van der Waals surface area contributed by atoms with E-state index in [1.165, 1.54) is 6.92 Å². The second-order valence-corrected chi connectivity index (χ2v) is 6.95. The number of hydrogen-bond donors (Lipinski definition) is 1. The summed E-state index contributed by atoms with van der Waals surface area (Å²) in [4.78, 5) is 4.42. The summed E-state index contributed by atoms with van der Waals surface area (Å²) in [5.41, 5.74) is 1.30. The summed E-state index contributed by atoms with van der Waals surface area (Å²) in [6.45, 7) is 5.23. The summed E-state index contributed by atoms with van der Waals surface area (Å²) in [5, 5.41) is 4.38. The van der Waals surface area contributed by atoms with Gasteiger partial charge in [0.05, 0.1) is 11.8 Å². The van der Waals surface area contributed by atoms with Crippen LogP contribution in [0.25, 0.3) is 5.65 Å². The second kappa shape index (κ2) is 5.51. The molecule has 0 aliphatic rings. The van der Waals surface area contributed by atoms with Crippen molar-refractivity contribution in [2.24, 2.45) is 5.14 Å². The number of ether oxygens (including phenoxy) is 1. The number of nitrogens with zero attached hydrogens (tertiary/aromatic N) is 2. The van der Waals surface area contributed by atoms with Gasteiger partial charge in [-0.05, 0) is 32.9 Å². The number of primary sulfonamides is 1. The first-order chi connectivity index (χ1) is 9.29. The molecule has 7 heteroatoms. The van der Waals surface area contributed by atoms with Crippen molar-refractivity contribution in [3.63, 3.8) is 0 Å². The van der Waals surface area contributed by atoms with Crippen LogP contribution in [0.1, 0.15) is 32.6 Å². The fourth-order valence-corrected chi connectivity index (χ4v) is 2.53. The van der Waals surface area contributed by atoms with Crippen LogP contribution < -0.4 is 5.14 Å². The molecular formula is C13H19N3O3S. The highest BCUT2D eigenvalue weighted by atomic mass is 32.2. The van der Waals surface area contributed by atoms with Gasteiger partial charge in [-0.15, -0.1) is 0 Å². The number of imidazole rings is 1. The maximum absolute atomic E-state index is 11.6. The van der Waals surface area contributed by atoms with Crippen LogP contribution in [0.2, 0.25) is 0 Å². The molecule has 0 unspecified atom stereocenters. The SMILES string of the molecule is CC(C)O[C@H](c1cn2ccccc2n1)[C@@H](C)S(N)(=O)=O. The van der Waals surface area contributed by atoms with Gasteiger partial charge >= 0.3 is 0 Å². The van der Waals surface area contributed by atoms with Crippen molar-refractivity contribution < 1.29 is 13.2 Å². The highest BCUT2D eigenvalue weighted by Crippen LogP contribution is 2.26. The van der Waals surface area contributed by atoms with E-state index >= 15 is 0 Å². The molecule has 0 aliphatic heterocycles. The fraction of sp³-hybridized carbons (Fsp3) is 0.462. The van der Waals surface area contributed by atoms with Gasteiger partial charge in [0.15, 0.2) is 0 Å². The van der Waals surface area contributed by atoms with E-state index in [2.05, 4.69) is 4.98 Å². The molecular weight excluding hydrogens is 278 g/mol. The predicted molar refractivity (Wildman–Crippen MR) is 76.7 cm³/mol. The molecule has 110 valence electrons. The molecule has 0 fully saturated rings. The number of pyridine rings is 1. The Labute approximate surface area is 118 Å². The molecule has 2 aromatic heterocycles. The van der Waals surface area contributed by atoms with Crippen LogP contribution in [0, 0.1) is 0 Å². The van der Waals surface area contributed by atoms with Gasteiger partial charge in [-0.25, -0.2) is 18.5 Å². The molecule has 20 heavy (non-hydrogen) atoms. The minimum absolute atomic E-state index is 0.131. The van der Waals surface area contributed by atoms with E-state index in [4.69, 9.17) is 9.88 Å². The summed E-state index contributed by atoms with van der Waals surface area (Å²) in [5.74, 6) is 0. The van der Waals surface area contributed by atoms with E-state index < -0.39 is 21.4 Å². The van der Waals surface area contributed by atoms with E-state index in [0.29, 0.717) is 5.69 Å². The lowest BCUT2D eigenvalue weighted by Gasteiger charge is -2.23. The topological polar surface area (TPSA) is 86.7 Å². The van der Waals surface area contributed by atoms with Crippen molar-refractivity contribution in [3.8, 4) is 0 Å². The highest BCUT2D eigenvalue weighted by Gasteiger charge is 2.31. The number of sulfonamides is 1. The minimum Gasteiger partial charge on any atom is -0.368 e. The number of nitrogens with two attached hydrogens (primary N) is 1. The van der Waals surface area contributed by atoms with Gasteiger partial charge in [-0.2, -0.15) is 0 Å². The average molecular weight is 297 g/mol. The van der Waals surface area contributed by atoms with Crippen LogP contribution in [-0.2, 0) is 14.8 Å². The van der Waals surface area contributed by atoms with Gasteiger partial charge in [-0.1, -0.05) is 6.07 Å². The molecule has 0 saturated heterocycles. The molecule has 2 atom stereocenters. The molecule has 2 rings (SSSR count). The van der Waals surface area contributed by atoms with Gasteiger partial charge in [-0.3, -0.25) is 0 Å². The average Bonchev–Trinajstić information content (AvgIpc) is 2.77. The summed E-state index contributed by atoms with van der Waals surface area (Å²) in [6, 6.07) is 5.59. The van der Waals surface area contributed by atoms with Gasteiger partial charge in [0.25, 0.3) is 0 Å². The van der Waals surface area contributed by atoms with Crippen molar-refractivity contribution in [3.05, 3.63) is 36.3 Å². The first-order valence-corrected chi connectivity index (χ1v) is 8.00. The minimum atomic E-state index is -3.71. The van der Waals surface area contributed by atoms with Crippen LogP contribution in [0.3, 0.4) is 0 Å². The van der Waals surface area contributed by atoms with E-state index in [1.807, 2.05) is 42.6 Å². The van der Waals surface area contributed by atoms with Crippen LogP contribution in [0.4, 0.5) is 0 Å². The quantitative estimate of drug-likeness (QED) is 0.905. The monoisotopic (exact) mass is 297 g/mol. The van der Waals surface area contributed by atoms with Gasteiger partial charge in [0.2, 0.25) is 10.0 Å². The van der Waals surface area contributed by atoms with Crippen LogP contribution in [0.15, 0.2) is 30.6 Å². The highest BCUT2D eigenvalue weighted by molar-refractivity contribution is 7.89. The van der Waals surface area contributed by atoms with Crippen molar-refractivity contribution in [1.82, 2.24) is 9.38 Å². The molecule has 0 radical (unpaired) electrons. The molecule has 2 aromatic rings. The number of hydrogen-bond acceptors (Lipinski definition) is 4. The van der Waals surface area contributed by atoms with Crippen LogP contribution in [-0.4, -0.2) is 29.2 Å². The third-order valence-corrected chi connectivity index (χ3v) is 4.32. The molecule has 0 aliphatic carbocycles. The fourth-order valence-electron chi connectivity index (χ4n) is 1.98. The maximum atomic E-state index is 11.6. The van der Waals surface area contributed by atoms with Crippen molar-refractivity contribution in [2.75, 3.05) is 0 Å². The number of fused-ring (bicyclic) bond motifs is 1. The third-order valence-electron chi connectivity index (χ3n) is 3.04.